The summed E-state index contributed by atoms with van der Waals surface area (Å²) in [6.45, 7) is 11.7. The molecule has 0 spiro atoms. The minimum Gasteiger partial charge on any atom is -0.312 e. The van der Waals surface area contributed by atoms with Crippen LogP contribution in [0.5, 0.6) is 0 Å². The van der Waals surface area contributed by atoms with Gasteiger partial charge in [-0.3, -0.25) is 0 Å². The van der Waals surface area contributed by atoms with Crippen LogP contribution >= 0.6 is 0 Å². The van der Waals surface area contributed by atoms with Gasteiger partial charge in [-0.1, -0.05) is 40.5 Å². The second-order valence-electron chi connectivity index (χ2n) is 6.97. The third-order valence-electron chi connectivity index (χ3n) is 5.49. The van der Waals surface area contributed by atoms with Gasteiger partial charge in [-0.2, -0.15) is 0 Å². The Morgan fingerprint density at radius 3 is 2.25 bits per heavy atom. The topological polar surface area (TPSA) is 15.3 Å². The molecule has 1 aliphatic rings. The molecule has 2 atom stereocenters. The molecule has 0 heterocycles. The molecule has 20 heavy (non-hydrogen) atoms. The lowest BCUT2D eigenvalue weighted by Crippen LogP contribution is -2.47. The Hall–Kier alpha value is -0.0800. The quantitative estimate of drug-likeness (QED) is 0.678. The van der Waals surface area contributed by atoms with E-state index >= 15 is 0 Å². The molecule has 0 aromatic carbocycles. The van der Waals surface area contributed by atoms with Crippen LogP contribution in [-0.2, 0) is 0 Å². The third kappa shape index (κ3) is 5.73. The van der Waals surface area contributed by atoms with Crippen molar-refractivity contribution in [3.63, 3.8) is 0 Å². The molecule has 1 saturated carbocycles. The lowest BCUT2D eigenvalue weighted by Gasteiger charge is -2.37. The van der Waals surface area contributed by atoms with Gasteiger partial charge < -0.3 is 10.2 Å². The Balaban J connectivity index is 2.42. The van der Waals surface area contributed by atoms with E-state index in [2.05, 4.69) is 45.0 Å². The molecule has 0 amide bonds. The summed E-state index contributed by atoms with van der Waals surface area (Å²) in [5.74, 6) is 1.78. The van der Waals surface area contributed by atoms with Crippen molar-refractivity contribution in [2.24, 2.45) is 11.8 Å². The van der Waals surface area contributed by atoms with Crippen LogP contribution in [0.1, 0.15) is 72.6 Å². The van der Waals surface area contributed by atoms with E-state index in [-0.39, 0.29) is 0 Å². The van der Waals surface area contributed by atoms with Crippen LogP contribution < -0.4 is 5.32 Å². The first-order chi connectivity index (χ1) is 9.62. The molecule has 0 bridgehead atoms. The number of likely N-dealkylation sites (N-methyl/N-ethyl adjacent to an activating group) is 1. The lowest BCUT2D eigenvalue weighted by molar-refractivity contribution is 0.139. The summed E-state index contributed by atoms with van der Waals surface area (Å²) < 4.78 is 0. The highest BCUT2D eigenvalue weighted by Gasteiger charge is 2.25. The van der Waals surface area contributed by atoms with E-state index in [1.807, 2.05) is 0 Å². The number of hydrogen-bond acceptors (Lipinski definition) is 2. The molecule has 0 aliphatic heterocycles. The molecular weight excluding hydrogens is 244 g/mol. The Morgan fingerprint density at radius 2 is 1.75 bits per heavy atom. The van der Waals surface area contributed by atoms with E-state index in [4.69, 9.17) is 0 Å². The monoisotopic (exact) mass is 282 g/mol. The van der Waals surface area contributed by atoms with E-state index in [9.17, 15) is 0 Å². The minimum atomic E-state index is 0.661. The molecule has 2 unspecified atom stereocenters. The maximum Gasteiger partial charge on any atom is 0.0220 e. The van der Waals surface area contributed by atoms with Gasteiger partial charge in [0.25, 0.3) is 0 Å². The summed E-state index contributed by atoms with van der Waals surface area (Å²) in [5.41, 5.74) is 0. The first-order valence-corrected chi connectivity index (χ1v) is 9.05. The van der Waals surface area contributed by atoms with E-state index in [1.54, 1.807) is 0 Å². The highest BCUT2D eigenvalue weighted by atomic mass is 15.2. The Kier molecular flexibility index (Phi) is 8.79. The highest BCUT2D eigenvalue weighted by Crippen LogP contribution is 2.29. The van der Waals surface area contributed by atoms with E-state index < -0.39 is 0 Å². The molecule has 120 valence electrons. The Labute approximate surface area is 127 Å². The van der Waals surface area contributed by atoms with Crippen LogP contribution in [0.4, 0.5) is 0 Å². The summed E-state index contributed by atoms with van der Waals surface area (Å²) in [6.07, 6.45) is 9.61. The van der Waals surface area contributed by atoms with Gasteiger partial charge in [-0.15, -0.1) is 0 Å². The number of rotatable bonds is 9. The SMILES string of the molecule is CCCNC(CN(C)C1CCC(CC)CC1)C(C)CC. The van der Waals surface area contributed by atoms with Gasteiger partial charge in [0, 0.05) is 18.6 Å². The van der Waals surface area contributed by atoms with Gasteiger partial charge >= 0.3 is 0 Å². The van der Waals surface area contributed by atoms with Crippen molar-refractivity contribution in [1.29, 1.82) is 0 Å². The summed E-state index contributed by atoms with van der Waals surface area (Å²) >= 11 is 0. The molecule has 1 fully saturated rings. The first-order valence-electron chi connectivity index (χ1n) is 9.05. The largest absolute Gasteiger partial charge is 0.312 e. The van der Waals surface area contributed by atoms with Crippen LogP contribution in [0.2, 0.25) is 0 Å². The van der Waals surface area contributed by atoms with Crippen molar-refractivity contribution in [2.75, 3.05) is 20.1 Å². The molecular formula is C18H38N2. The number of nitrogens with one attached hydrogen (secondary N) is 1. The van der Waals surface area contributed by atoms with Crippen LogP contribution in [0.15, 0.2) is 0 Å². The van der Waals surface area contributed by atoms with Crippen molar-refractivity contribution >= 4 is 0 Å². The van der Waals surface area contributed by atoms with Gasteiger partial charge in [0.2, 0.25) is 0 Å². The van der Waals surface area contributed by atoms with Gasteiger partial charge in [0.05, 0.1) is 0 Å². The summed E-state index contributed by atoms with van der Waals surface area (Å²) in [5, 5.41) is 3.77. The Bertz CT molecular complexity index is 234. The standard InChI is InChI=1S/C18H38N2/c1-6-13-19-18(15(4)7-2)14-20(5)17-11-9-16(8-3)10-12-17/h15-19H,6-14H2,1-5H3. The fraction of sp³-hybridized carbons (Fsp3) is 1.00. The Morgan fingerprint density at radius 1 is 1.10 bits per heavy atom. The van der Waals surface area contributed by atoms with E-state index in [1.165, 1.54) is 51.5 Å². The van der Waals surface area contributed by atoms with Crippen LogP contribution in [-0.4, -0.2) is 37.1 Å². The fourth-order valence-electron chi connectivity index (χ4n) is 3.51. The predicted molar refractivity (Wildman–Crippen MR) is 90.2 cm³/mol. The normalized spacial score (nSPS) is 26.7. The van der Waals surface area contributed by atoms with E-state index in [0.29, 0.717) is 6.04 Å². The van der Waals surface area contributed by atoms with Crippen molar-refractivity contribution in [3.8, 4) is 0 Å². The van der Waals surface area contributed by atoms with Crippen LogP contribution in [0, 0.1) is 11.8 Å². The average Bonchev–Trinajstić information content (AvgIpc) is 2.50. The molecule has 0 saturated heterocycles. The van der Waals surface area contributed by atoms with Crippen LogP contribution in [0.25, 0.3) is 0 Å². The zero-order valence-corrected chi connectivity index (χ0v) is 14.6. The third-order valence-corrected chi connectivity index (χ3v) is 5.49. The number of nitrogens with zero attached hydrogens (tertiary/aromatic N) is 1. The van der Waals surface area contributed by atoms with Gasteiger partial charge in [0.15, 0.2) is 0 Å². The average molecular weight is 283 g/mol. The van der Waals surface area contributed by atoms with Crippen molar-refractivity contribution in [2.45, 2.75) is 84.7 Å². The second-order valence-corrected chi connectivity index (χ2v) is 6.97. The van der Waals surface area contributed by atoms with Crippen molar-refractivity contribution < 1.29 is 0 Å². The predicted octanol–water partition coefficient (Wildman–Crippen LogP) is 4.30. The smallest absolute Gasteiger partial charge is 0.0220 e. The maximum atomic E-state index is 3.77. The maximum absolute atomic E-state index is 3.77. The highest BCUT2D eigenvalue weighted by molar-refractivity contribution is 4.82. The summed E-state index contributed by atoms with van der Waals surface area (Å²) in [7, 11) is 2.35. The molecule has 2 nitrogen and oxygen atoms in total. The van der Waals surface area contributed by atoms with Gasteiger partial charge in [0.1, 0.15) is 0 Å². The van der Waals surface area contributed by atoms with Crippen LogP contribution in [0.3, 0.4) is 0 Å². The lowest BCUT2D eigenvalue weighted by atomic mass is 9.84. The molecule has 2 heteroatoms. The van der Waals surface area contributed by atoms with Gasteiger partial charge in [-0.05, 0) is 57.5 Å². The minimum absolute atomic E-state index is 0.661. The number of hydrogen-bond donors (Lipinski definition) is 1. The molecule has 1 aliphatic carbocycles. The molecule has 0 radical (unpaired) electrons. The zero-order chi connectivity index (χ0) is 15.0. The second kappa shape index (κ2) is 9.78. The molecule has 0 aromatic rings. The van der Waals surface area contributed by atoms with Gasteiger partial charge in [-0.25, -0.2) is 0 Å². The fourth-order valence-corrected chi connectivity index (χ4v) is 3.51. The molecule has 1 N–H and O–H groups in total. The molecule has 1 rings (SSSR count). The van der Waals surface area contributed by atoms with Crippen molar-refractivity contribution in [1.82, 2.24) is 10.2 Å². The van der Waals surface area contributed by atoms with E-state index in [0.717, 1.165) is 24.4 Å². The van der Waals surface area contributed by atoms with Crippen molar-refractivity contribution in [3.05, 3.63) is 0 Å². The first kappa shape index (κ1) is 18.0. The summed E-state index contributed by atoms with van der Waals surface area (Å²) in [6, 6.07) is 1.49. The zero-order valence-electron chi connectivity index (χ0n) is 14.6. The summed E-state index contributed by atoms with van der Waals surface area (Å²) in [4.78, 5) is 2.64. The molecule has 0 aromatic heterocycles.